The summed E-state index contributed by atoms with van der Waals surface area (Å²) in [6.45, 7) is 0. The Kier molecular flexibility index (Phi) is 2.99. The van der Waals surface area contributed by atoms with Crippen molar-refractivity contribution in [2.45, 2.75) is 12.5 Å². The summed E-state index contributed by atoms with van der Waals surface area (Å²) in [6.07, 6.45) is 6.60. The van der Waals surface area contributed by atoms with Crippen LogP contribution in [-0.4, -0.2) is 20.3 Å². The standard InChI is InChI=1S/C11H11N3O/c15-11(10-3-6-13-14-8-10)7-9-1-4-12-5-2-9/h1-6,8,11,15H,7H2. The molecule has 1 atom stereocenters. The third-order valence-corrected chi connectivity index (χ3v) is 2.17. The molecule has 0 aliphatic rings. The zero-order valence-electron chi connectivity index (χ0n) is 8.11. The first-order valence-electron chi connectivity index (χ1n) is 4.70. The Morgan fingerprint density at radius 2 is 1.87 bits per heavy atom. The van der Waals surface area contributed by atoms with E-state index in [4.69, 9.17) is 0 Å². The van der Waals surface area contributed by atoms with Crippen LogP contribution in [0.4, 0.5) is 0 Å². The second kappa shape index (κ2) is 4.61. The van der Waals surface area contributed by atoms with Crippen molar-refractivity contribution in [2.75, 3.05) is 0 Å². The minimum Gasteiger partial charge on any atom is -0.388 e. The van der Waals surface area contributed by atoms with Gasteiger partial charge in [-0.15, -0.1) is 0 Å². The fraction of sp³-hybridized carbons (Fsp3) is 0.182. The molecule has 4 heteroatoms. The van der Waals surface area contributed by atoms with Gasteiger partial charge in [-0.2, -0.15) is 10.2 Å². The van der Waals surface area contributed by atoms with Crippen LogP contribution in [0.25, 0.3) is 0 Å². The van der Waals surface area contributed by atoms with Gasteiger partial charge in [0, 0.05) is 30.6 Å². The zero-order valence-corrected chi connectivity index (χ0v) is 8.11. The van der Waals surface area contributed by atoms with E-state index in [1.54, 1.807) is 30.9 Å². The van der Waals surface area contributed by atoms with Crippen molar-refractivity contribution < 1.29 is 5.11 Å². The molecule has 1 N–H and O–H groups in total. The summed E-state index contributed by atoms with van der Waals surface area (Å²) in [5.41, 5.74) is 1.83. The molecule has 0 saturated heterocycles. The van der Waals surface area contributed by atoms with E-state index in [9.17, 15) is 5.11 Å². The molecule has 0 amide bonds. The van der Waals surface area contributed by atoms with Crippen LogP contribution in [0.5, 0.6) is 0 Å². The van der Waals surface area contributed by atoms with E-state index in [-0.39, 0.29) is 0 Å². The molecule has 2 heterocycles. The van der Waals surface area contributed by atoms with E-state index in [1.807, 2.05) is 12.1 Å². The maximum Gasteiger partial charge on any atom is 0.0846 e. The van der Waals surface area contributed by atoms with E-state index >= 15 is 0 Å². The molecule has 15 heavy (non-hydrogen) atoms. The van der Waals surface area contributed by atoms with E-state index in [0.29, 0.717) is 6.42 Å². The lowest BCUT2D eigenvalue weighted by atomic mass is 10.0. The first kappa shape index (κ1) is 9.73. The van der Waals surface area contributed by atoms with E-state index in [1.165, 1.54) is 0 Å². The van der Waals surface area contributed by atoms with Gasteiger partial charge in [-0.05, 0) is 23.8 Å². The zero-order chi connectivity index (χ0) is 10.5. The van der Waals surface area contributed by atoms with Gasteiger partial charge in [0.15, 0.2) is 0 Å². The van der Waals surface area contributed by atoms with Gasteiger partial charge in [-0.3, -0.25) is 4.98 Å². The molecule has 2 aromatic rings. The molecular formula is C11H11N3O. The Morgan fingerprint density at radius 1 is 1.07 bits per heavy atom. The van der Waals surface area contributed by atoms with Crippen molar-refractivity contribution in [1.82, 2.24) is 15.2 Å². The van der Waals surface area contributed by atoms with E-state index in [2.05, 4.69) is 15.2 Å². The second-order valence-corrected chi connectivity index (χ2v) is 3.25. The number of nitrogens with zero attached hydrogens (tertiary/aromatic N) is 3. The number of aromatic nitrogens is 3. The largest absolute Gasteiger partial charge is 0.388 e. The highest BCUT2D eigenvalue weighted by atomic mass is 16.3. The average Bonchev–Trinajstić information content (AvgIpc) is 2.31. The lowest BCUT2D eigenvalue weighted by Crippen LogP contribution is -2.02. The van der Waals surface area contributed by atoms with Crippen molar-refractivity contribution >= 4 is 0 Å². The first-order chi connectivity index (χ1) is 7.36. The molecule has 0 aliphatic heterocycles. The minimum absolute atomic E-state index is 0.539. The van der Waals surface area contributed by atoms with Gasteiger partial charge in [0.05, 0.1) is 12.3 Å². The van der Waals surface area contributed by atoms with Gasteiger partial charge in [0.25, 0.3) is 0 Å². The fourth-order valence-corrected chi connectivity index (χ4v) is 1.36. The van der Waals surface area contributed by atoms with Crippen molar-refractivity contribution in [3.63, 3.8) is 0 Å². The van der Waals surface area contributed by atoms with Crippen LogP contribution in [-0.2, 0) is 6.42 Å². The number of pyridine rings is 1. The normalized spacial score (nSPS) is 12.3. The number of aliphatic hydroxyl groups excluding tert-OH is 1. The summed E-state index contributed by atoms with van der Waals surface area (Å²) in [5.74, 6) is 0. The van der Waals surface area contributed by atoms with Crippen LogP contribution in [0.3, 0.4) is 0 Å². The molecule has 0 spiro atoms. The third kappa shape index (κ3) is 2.57. The number of rotatable bonds is 3. The molecule has 0 bridgehead atoms. The predicted molar refractivity (Wildman–Crippen MR) is 54.9 cm³/mol. The maximum atomic E-state index is 9.89. The Labute approximate surface area is 87.6 Å². The second-order valence-electron chi connectivity index (χ2n) is 3.25. The topological polar surface area (TPSA) is 58.9 Å². The summed E-state index contributed by atoms with van der Waals surface area (Å²) < 4.78 is 0. The molecule has 0 radical (unpaired) electrons. The fourth-order valence-electron chi connectivity index (χ4n) is 1.36. The lowest BCUT2D eigenvalue weighted by Gasteiger charge is -2.09. The van der Waals surface area contributed by atoms with Gasteiger partial charge in [0.1, 0.15) is 0 Å². The Balaban J connectivity index is 2.08. The van der Waals surface area contributed by atoms with Crippen molar-refractivity contribution in [1.29, 1.82) is 0 Å². The van der Waals surface area contributed by atoms with Crippen molar-refractivity contribution in [2.24, 2.45) is 0 Å². The van der Waals surface area contributed by atoms with Crippen LogP contribution in [0.1, 0.15) is 17.2 Å². The molecular weight excluding hydrogens is 190 g/mol. The molecule has 4 nitrogen and oxygen atoms in total. The van der Waals surface area contributed by atoms with Gasteiger partial charge < -0.3 is 5.11 Å². The Hall–Kier alpha value is -1.81. The highest BCUT2D eigenvalue weighted by Crippen LogP contribution is 2.15. The first-order valence-corrected chi connectivity index (χ1v) is 4.70. The van der Waals surface area contributed by atoms with Crippen LogP contribution >= 0.6 is 0 Å². The van der Waals surface area contributed by atoms with E-state index in [0.717, 1.165) is 11.1 Å². The van der Waals surface area contributed by atoms with Gasteiger partial charge in [-0.25, -0.2) is 0 Å². The number of aliphatic hydroxyl groups is 1. The Morgan fingerprint density at radius 3 is 2.53 bits per heavy atom. The third-order valence-electron chi connectivity index (χ3n) is 2.17. The quantitative estimate of drug-likeness (QED) is 0.809. The molecule has 2 aromatic heterocycles. The molecule has 76 valence electrons. The molecule has 0 aromatic carbocycles. The van der Waals surface area contributed by atoms with Crippen LogP contribution in [0, 0.1) is 0 Å². The smallest absolute Gasteiger partial charge is 0.0846 e. The summed E-state index contributed by atoms with van der Waals surface area (Å²) in [5, 5.41) is 17.3. The summed E-state index contributed by atoms with van der Waals surface area (Å²) in [6, 6.07) is 5.54. The van der Waals surface area contributed by atoms with Crippen LogP contribution in [0.15, 0.2) is 43.0 Å². The molecule has 2 rings (SSSR count). The molecule has 0 saturated carbocycles. The minimum atomic E-state index is -0.539. The number of hydrogen-bond acceptors (Lipinski definition) is 4. The highest BCUT2D eigenvalue weighted by molar-refractivity contribution is 5.16. The lowest BCUT2D eigenvalue weighted by molar-refractivity contribution is 0.178. The number of hydrogen-bond donors (Lipinski definition) is 1. The van der Waals surface area contributed by atoms with E-state index < -0.39 is 6.10 Å². The van der Waals surface area contributed by atoms with Gasteiger partial charge >= 0.3 is 0 Å². The molecule has 0 aliphatic carbocycles. The van der Waals surface area contributed by atoms with Crippen molar-refractivity contribution in [3.05, 3.63) is 54.1 Å². The highest BCUT2D eigenvalue weighted by Gasteiger charge is 2.08. The predicted octanol–water partition coefficient (Wildman–Crippen LogP) is 1.15. The molecule has 1 unspecified atom stereocenters. The van der Waals surface area contributed by atoms with Crippen LogP contribution in [0.2, 0.25) is 0 Å². The maximum absolute atomic E-state index is 9.89. The summed E-state index contributed by atoms with van der Waals surface area (Å²) >= 11 is 0. The van der Waals surface area contributed by atoms with Crippen LogP contribution < -0.4 is 0 Å². The molecule has 0 fully saturated rings. The van der Waals surface area contributed by atoms with Crippen molar-refractivity contribution in [3.8, 4) is 0 Å². The van der Waals surface area contributed by atoms with Gasteiger partial charge in [-0.1, -0.05) is 0 Å². The average molecular weight is 201 g/mol. The Bertz CT molecular complexity index is 405. The summed E-state index contributed by atoms with van der Waals surface area (Å²) in [7, 11) is 0. The monoisotopic (exact) mass is 201 g/mol. The summed E-state index contributed by atoms with van der Waals surface area (Å²) in [4.78, 5) is 3.92. The SMILES string of the molecule is OC(Cc1ccncc1)c1ccnnc1. The van der Waals surface area contributed by atoms with Gasteiger partial charge in [0.2, 0.25) is 0 Å².